The van der Waals surface area contributed by atoms with Crippen LogP contribution in [0.1, 0.15) is 232 Å². The van der Waals surface area contributed by atoms with Gasteiger partial charge in [-0.1, -0.05) is 221 Å². The molecule has 0 amide bonds. The van der Waals surface area contributed by atoms with Crippen molar-refractivity contribution in [1.29, 1.82) is 0 Å². The number of unbranched alkanes of at least 4 members (excludes halogenated alkanes) is 23. The van der Waals surface area contributed by atoms with Gasteiger partial charge in [-0.3, -0.25) is 9.59 Å². The van der Waals surface area contributed by atoms with E-state index < -0.39 is 6.10 Å². The van der Waals surface area contributed by atoms with E-state index in [1.165, 1.54) is 116 Å². The molecule has 0 aromatic carbocycles. The summed E-state index contributed by atoms with van der Waals surface area (Å²) in [7, 11) is 0. The minimum Gasteiger partial charge on any atom is -0.462 e. The van der Waals surface area contributed by atoms with Crippen molar-refractivity contribution in [3.05, 3.63) is 85.1 Å². The smallest absolute Gasteiger partial charge is 0.306 e. The van der Waals surface area contributed by atoms with E-state index in [-0.39, 0.29) is 25.2 Å². The van der Waals surface area contributed by atoms with Gasteiger partial charge in [0.2, 0.25) is 0 Å². The molecule has 0 aromatic heterocycles. The van der Waals surface area contributed by atoms with E-state index in [0.29, 0.717) is 12.8 Å². The van der Waals surface area contributed by atoms with Gasteiger partial charge >= 0.3 is 11.9 Å². The van der Waals surface area contributed by atoms with E-state index in [2.05, 4.69) is 98.9 Å². The van der Waals surface area contributed by atoms with Crippen molar-refractivity contribution in [2.45, 2.75) is 238 Å². The highest BCUT2D eigenvalue weighted by Gasteiger charge is 2.16. The van der Waals surface area contributed by atoms with Crippen molar-refractivity contribution < 1.29 is 24.2 Å². The van der Waals surface area contributed by atoms with Crippen LogP contribution in [0.25, 0.3) is 0 Å². The maximum absolute atomic E-state index is 12.2. The zero-order valence-electron chi connectivity index (χ0n) is 39.2. The Morgan fingerprint density at radius 1 is 0.383 bits per heavy atom. The molecular formula is C55H94O5. The molecule has 0 spiro atoms. The molecule has 1 unspecified atom stereocenters. The predicted octanol–water partition coefficient (Wildman–Crippen LogP) is 16.6. The monoisotopic (exact) mass is 835 g/mol. The summed E-state index contributed by atoms with van der Waals surface area (Å²) in [6.45, 7) is 3.89. The third-order valence-corrected chi connectivity index (χ3v) is 10.7. The third-order valence-electron chi connectivity index (χ3n) is 10.7. The van der Waals surface area contributed by atoms with Crippen LogP contribution in [0.15, 0.2) is 85.1 Å². The van der Waals surface area contributed by atoms with Gasteiger partial charge in [-0.05, 0) is 83.5 Å². The Labute approximate surface area is 371 Å². The molecule has 0 aliphatic heterocycles. The molecule has 0 saturated carbocycles. The number of carbonyl (C=O) groups is 2. The molecular weight excluding hydrogens is 741 g/mol. The number of ether oxygens (including phenoxy) is 2. The number of carbonyl (C=O) groups excluding carboxylic acids is 2. The Hall–Kier alpha value is -2.92. The summed E-state index contributed by atoms with van der Waals surface area (Å²) in [4.78, 5) is 24.3. The first-order valence-corrected chi connectivity index (χ1v) is 25.1. The topological polar surface area (TPSA) is 72.8 Å². The first kappa shape index (κ1) is 57.1. The van der Waals surface area contributed by atoms with Crippen molar-refractivity contribution in [2.24, 2.45) is 0 Å². The van der Waals surface area contributed by atoms with E-state index in [9.17, 15) is 14.7 Å². The molecule has 60 heavy (non-hydrogen) atoms. The molecule has 5 nitrogen and oxygen atoms in total. The van der Waals surface area contributed by atoms with Gasteiger partial charge in [0.15, 0.2) is 6.10 Å². The molecule has 1 atom stereocenters. The van der Waals surface area contributed by atoms with Crippen LogP contribution in [0.4, 0.5) is 0 Å². The molecule has 1 N–H and O–H groups in total. The maximum atomic E-state index is 12.2. The van der Waals surface area contributed by atoms with E-state index in [1.54, 1.807) is 0 Å². The average molecular weight is 835 g/mol. The summed E-state index contributed by atoms with van der Waals surface area (Å²) in [6.07, 6.45) is 69.8. The van der Waals surface area contributed by atoms with E-state index in [0.717, 1.165) is 89.9 Å². The van der Waals surface area contributed by atoms with Gasteiger partial charge in [0, 0.05) is 12.8 Å². The lowest BCUT2D eigenvalue weighted by Gasteiger charge is -2.15. The number of aliphatic hydroxyl groups is 1. The van der Waals surface area contributed by atoms with Crippen LogP contribution in [-0.4, -0.2) is 36.4 Å². The van der Waals surface area contributed by atoms with Crippen LogP contribution in [0.2, 0.25) is 0 Å². The molecule has 344 valence electrons. The molecule has 0 heterocycles. The lowest BCUT2D eigenvalue weighted by Crippen LogP contribution is -2.28. The van der Waals surface area contributed by atoms with Gasteiger partial charge in [-0.2, -0.15) is 0 Å². The molecule has 0 aliphatic rings. The molecule has 5 heteroatoms. The second-order valence-electron chi connectivity index (χ2n) is 16.5. The molecule has 0 saturated heterocycles. The van der Waals surface area contributed by atoms with Crippen molar-refractivity contribution >= 4 is 11.9 Å². The minimum atomic E-state index is -0.785. The number of esters is 2. The highest BCUT2D eigenvalue weighted by atomic mass is 16.6. The Kier molecular flexibility index (Phi) is 48.0. The maximum Gasteiger partial charge on any atom is 0.306 e. The van der Waals surface area contributed by atoms with Crippen LogP contribution >= 0.6 is 0 Å². The Morgan fingerprint density at radius 3 is 1.02 bits per heavy atom. The van der Waals surface area contributed by atoms with Crippen molar-refractivity contribution in [1.82, 2.24) is 0 Å². The summed E-state index contributed by atoms with van der Waals surface area (Å²) in [5.41, 5.74) is 0. The van der Waals surface area contributed by atoms with Crippen LogP contribution in [0, 0.1) is 0 Å². The number of rotatable bonds is 45. The van der Waals surface area contributed by atoms with Crippen LogP contribution in [0.5, 0.6) is 0 Å². The lowest BCUT2D eigenvalue weighted by atomic mass is 10.0. The van der Waals surface area contributed by atoms with E-state index in [1.807, 2.05) is 0 Å². The third kappa shape index (κ3) is 47.8. The molecule has 0 fully saturated rings. The number of aliphatic hydroxyl groups excluding tert-OH is 1. The highest BCUT2D eigenvalue weighted by molar-refractivity contribution is 5.70. The van der Waals surface area contributed by atoms with E-state index in [4.69, 9.17) is 9.47 Å². The zero-order chi connectivity index (χ0) is 43.5. The summed E-state index contributed by atoms with van der Waals surface area (Å²) in [5.74, 6) is -0.623. The van der Waals surface area contributed by atoms with Crippen LogP contribution in [0.3, 0.4) is 0 Å². The fourth-order valence-electron chi connectivity index (χ4n) is 6.97. The summed E-state index contributed by atoms with van der Waals surface area (Å²) in [5, 5.41) is 9.59. The molecule has 0 radical (unpaired) electrons. The number of hydrogen-bond donors (Lipinski definition) is 1. The quantitative estimate of drug-likeness (QED) is 0.0376. The van der Waals surface area contributed by atoms with Crippen LogP contribution in [-0.2, 0) is 19.1 Å². The Bertz CT molecular complexity index is 1130. The molecule has 0 rings (SSSR count). The zero-order valence-corrected chi connectivity index (χ0v) is 39.2. The predicted molar refractivity (Wildman–Crippen MR) is 260 cm³/mol. The van der Waals surface area contributed by atoms with Gasteiger partial charge in [-0.15, -0.1) is 0 Å². The summed E-state index contributed by atoms with van der Waals surface area (Å²) < 4.78 is 10.6. The van der Waals surface area contributed by atoms with Gasteiger partial charge in [0.25, 0.3) is 0 Å². The second kappa shape index (κ2) is 50.4. The second-order valence-corrected chi connectivity index (χ2v) is 16.5. The average Bonchev–Trinajstić information content (AvgIpc) is 3.25. The Morgan fingerprint density at radius 2 is 0.667 bits per heavy atom. The van der Waals surface area contributed by atoms with E-state index >= 15 is 0 Å². The summed E-state index contributed by atoms with van der Waals surface area (Å²) in [6, 6.07) is 0. The molecule has 0 aromatic rings. The highest BCUT2D eigenvalue weighted by Crippen LogP contribution is 2.16. The fraction of sp³-hybridized carbons (Fsp3) is 0.709. The number of hydrogen-bond acceptors (Lipinski definition) is 5. The molecule has 0 bridgehead atoms. The first-order valence-electron chi connectivity index (χ1n) is 25.1. The standard InChI is InChI=1S/C55H94O5/c1-3-5-7-9-11-13-15-17-18-19-20-21-22-23-24-25-26-27-28-29-30-31-32-33-34-35-36-38-40-42-44-46-48-50-55(58)60-53(51-56)52-59-54(57)49-47-45-43-41-39-37-16-14-12-10-8-6-4-2/h5-8,11-14,17-18,20-21,37,39,53,56H,3-4,9-10,15-16,19,22-36,38,40-52H2,1-2H3/b7-5-,8-6-,13-11-,14-12-,18-17-,21-20-,39-37-. The van der Waals surface area contributed by atoms with Gasteiger partial charge in [-0.25, -0.2) is 0 Å². The minimum absolute atomic E-state index is 0.0822. The Balaban J connectivity index is 3.46. The van der Waals surface area contributed by atoms with Gasteiger partial charge in [0.05, 0.1) is 6.61 Å². The normalized spacial score (nSPS) is 12.9. The van der Waals surface area contributed by atoms with Crippen molar-refractivity contribution in [3.8, 4) is 0 Å². The summed E-state index contributed by atoms with van der Waals surface area (Å²) >= 11 is 0. The van der Waals surface area contributed by atoms with Crippen LogP contribution < -0.4 is 0 Å². The van der Waals surface area contributed by atoms with Gasteiger partial charge in [0.1, 0.15) is 6.61 Å². The van der Waals surface area contributed by atoms with Crippen molar-refractivity contribution in [3.63, 3.8) is 0 Å². The first-order chi connectivity index (χ1) is 29.6. The largest absolute Gasteiger partial charge is 0.462 e. The SMILES string of the molecule is CC/C=C\C/C=C\C/C=C\C/C=C\CCCCCCCCCCCCCCCCCCCCCCC(=O)OC(CO)COC(=O)CCCCC/C=C\C/C=C\C/C=C\CC. The fourth-order valence-corrected chi connectivity index (χ4v) is 6.97. The number of allylic oxidation sites excluding steroid dienone is 14. The van der Waals surface area contributed by atoms with Crippen molar-refractivity contribution in [2.75, 3.05) is 13.2 Å². The lowest BCUT2D eigenvalue weighted by molar-refractivity contribution is -0.161. The van der Waals surface area contributed by atoms with Gasteiger partial charge < -0.3 is 14.6 Å². The molecule has 0 aliphatic carbocycles.